The molecule has 2 aliphatic carbocycles. The van der Waals surface area contributed by atoms with Crippen LogP contribution in [0.2, 0.25) is 0 Å². The molecule has 0 amide bonds. The van der Waals surface area contributed by atoms with Gasteiger partial charge < -0.3 is 19.6 Å². The highest BCUT2D eigenvalue weighted by Gasteiger charge is 2.37. The highest BCUT2D eigenvalue weighted by atomic mass is 15.2. The van der Waals surface area contributed by atoms with Crippen LogP contribution >= 0.6 is 0 Å². The normalized spacial score (nSPS) is 15.8. The molecule has 4 heteroatoms. The Kier molecular flexibility index (Phi) is 10.4. The fourth-order valence-corrected chi connectivity index (χ4v) is 9.38. The lowest BCUT2D eigenvalue weighted by Gasteiger charge is -2.33. The summed E-state index contributed by atoms with van der Waals surface area (Å²) in [6, 6.07) is 78.5. The second-order valence-electron chi connectivity index (χ2n) is 16.2. The molecule has 2 atom stereocenters. The molecule has 0 spiro atoms. The molecule has 0 saturated heterocycles. The number of rotatable bonds is 11. The van der Waals surface area contributed by atoms with Gasteiger partial charge in [-0.15, -0.1) is 0 Å². The molecule has 0 aromatic heterocycles. The molecule has 0 bridgehead atoms. The zero-order chi connectivity index (χ0) is 42.7. The van der Waals surface area contributed by atoms with Gasteiger partial charge in [0.15, 0.2) is 0 Å². The summed E-state index contributed by atoms with van der Waals surface area (Å²) in [5.74, 6) is 0. The lowest BCUT2D eigenvalue weighted by Crippen LogP contribution is -2.37. The molecular formula is C60H46N4. The van der Waals surface area contributed by atoms with Crippen LogP contribution in [0, 0.1) is 0 Å². The van der Waals surface area contributed by atoms with Crippen LogP contribution in [0.5, 0.6) is 0 Å². The van der Waals surface area contributed by atoms with Crippen molar-refractivity contribution in [2.75, 3.05) is 19.6 Å². The first-order valence-electron chi connectivity index (χ1n) is 22.0. The summed E-state index contributed by atoms with van der Waals surface area (Å²) in [4.78, 5) is 9.50. The predicted molar refractivity (Wildman–Crippen MR) is 270 cm³/mol. The molecule has 8 aromatic carbocycles. The Morgan fingerprint density at radius 1 is 0.281 bits per heavy atom. The molecule has 1 heterocycles. The first-order valence-corrected chi connectivity index (χ1v) is 22.0. The molecule has 0 radical (unpaired) electrons. The Morgan fingerprint density at radius 3 is 1.05 bits per heavy atom. The quantitative estimate of drug-likeness (QED) is 0.129. The fourth-order valence-electron chi connectivity index (χ4n) is 9.38. The van der Waals surface area contributed by atoms with Crippen LogP contribution in [-0.4, -0.2) is 12.1 Å². The Hall–Kier alpha value is -8.34. The number of hydrogen-bond acceptors (Lipinski definition) is 4. The van der Waals surface area contributed by atoms with Crippen molar-refractivity contribution in [3.63, 3.8) is 0 Å². The second-order valence-corrected chi connectivity index (χ2v) is 16.2. The van der Waals surface area contributed by atoms with Crippen LogP contribution in [0.4, 0.5) is 56.9 Å². The SMILES string of the molecule is C1=CC2=C3C=CC=CC3N(c3ccc(N(c4ccccc4)c4cccc(-c5ccc(N(c6ccccc6)c6ccc(N(c7ccccc7)c7ccccc7)cc6)cc5)c4)cc3)C2C=C1. The van der Waals surface area contributed by atoms with Crippen molar-refractivity contribution in [3.05, 3.63) is 278 Å². The van der Waals surface area contributed by atoms with Crippen LogP contribution in [0.25, 0.3) is 11.1 Å². The number of anilines is 10. The maximum absolute atomic E-state index is 2.53. The van der Waals surface area contributed by atoms with E-state index in [9.17, 15) is 0 Å². The number of nitrogens with zero attached hydrogens (tertiary/aromatic N) is 4. The van der Waals surface area contributed by atoms with E-state index in [0.717, 1.165) is 62.3 Å². The molecule has 8 aromatic rings. The second kappa shape index (κ2) is 17.2. The summed E-state index contributed by atoms with van der Waals surface area (Å²) in [6.07, 6.45) is 17.8. The topological polar surface area (TPSA) is 13.0 Å². The average Bonchev–Trinajstić information content (AvgIpc) is 3.71. The third-order valence-electron chi connectivity index (χ3n) is 12.3. The van der Waals surface area contributed by atoms with Crippen LogP contribution in [0.1, 0.15) is 0 Å². The van der Waals surface area contributed by atoms with Gasteiger partial charge in [0.25, 0.3) is 0 Å². The molecule has 2 unspecified atom stereocenters. The van der Waals surface area contributed by atoms with Gasteiger partial charge in [-0.25, -0.2) is 0 Å². The highest BCUT2D eigenvalue weighted by Crippen LogP contribution is 2.44. The van der Waals surface area contributed by atoms with E-state index in [0.29, 0.717) is 0 Å². The molecule has 1 aliphatic heterocycles. The van der Waals surface area contributed by atoms with E-state index in [1.165, 1.54) is 16.8 Å². The van der Waals surface area contributed by atoms with Crippen LogP contribution < -0.4 is 19.6 Å². The monoisotopic (exact) mass is 822 g/mol. The maximum atomic E-state index is 2.53. The third-order valence-corrected chi connectivity index (χ3v) is 12.3. The number of fused-ring (bicyclic) bond motifs is 2. The van der Waals surface area contributed by atoms with E-state index in [1.807, 2.05) is 0 Å². The number of allylic oxidation sites excluding steroid dienone is 4. The van der Waals surface area contributed by atoms with Gasteiger partial charge in [-0.05, 0) is 144 Å². The lowest BCUT2D eigenvalue weighted by molar-refractivity contribution is 0.790. The third kappa shape index (κ3) is 7.42. The van der Waals surface area contributed by atoms with Gasteiger partial charge in [-0.3, -0.25) is 0 Å². The van der Waals surface area contributed by atoms with E-state index in [1.54, 1.807) is 0 Å². The summed E-state index contributed by atoms with van der Waals surface area (Å²) in [6.45, 7) is 0. The summed E-state index contributed by atoms with van der Waals surface area (Å²) in [5, 5.41) is 0. The van der Waals surface area contributed by atoms with Crippen molar-refractivity contribution in [3.8, 4) is 11.1 Å². The zero-order valence-corrected chi connectivity index (χ0v) is 35.3. The first kappa shape index (κ1) is 38.6. The minimum Gasteiger partial charge on any atom is -0.350 e. The van der Waals surface area contributed by atoms with Crippen molar-refractivity contribution in [1.29, 1.82) is 0 Å². The minimum atomic E-state index is 0.215. The van der Waals surface area contributed by atoms with Crippen molar-refractivity contribution in [2.24, 2.45) is 0 Å². The van der Waals surface area contributed by atoms with E-state index in [2.05, 4.69) is 287 Å². The minimum absolute atomic E-state index is 0.215. The van der Waals surface area contributed by atoms with Gasteiger partial charge in [-0.1, -0.05) is 146 Å². The molecule has 306 valence electrons. The van der Waals surface area contributed by atoms with Crippen molar-refractivity contribution < 1.29 is 0 Å². The molecule has 0 saturated carbocycles. The summed E-state index contributed by atoms with van der Waals surface area (Å²) < 4.78 is 0. The molecule has 3 aliphatic rings. The number of hydrogen-bond donors (Lipinski definition) is 0. The molecular weight excluding hydrogens is 777 g/mol. The highest BCUT2D eigenvalue weighted by molar-refractivity contribution is 5.84. The first-order chi connectivity index (χ1) is 31.8. The number of para-hydroxylation sites is 4. The van der Waals surface area contributed by atoms with E-state index >= 15 is 0 Å². The molecule has 0 fully saturated rings. The summed E-state index contributed by atoms with van der Waals surface area (Å²) in [7, 11) is 0. The Balaban J connectivity index is 0.897. The Labute approximate surface area is 376 Å². The van der Waals surface area contributed by atoms with Gasteiger partial charge in [0.05, 0.1) is 12.1 Å². The van der Waals surface area contributed by atoms with Crippen LogP contribution in [-0.2, 0) is 0 Å². The van der Waals surface area contributed by atoms with Gasteiger partial charge in [0, 0.05) is 56.9 Å². The molecule has 0 N–H and O–H groups in total. The Morgan fingerprint density at radius 2 is 0.625 bits per heavy atom. The summed E-state index contributed by atoms with van der Waals surface area (Å²) in [5.41, 5.74) is 16.1. The zero-order valence-electron chi connectivity index (χ0n) is 35.3. The van der Waals surface area contributed by atoms with Gasteiger partial charge in [0.1, 0.15) is 0 Å². The smallest absolute Gasteiger partial charge is 0.0742 e. The van der Waals surface area contributed by atoms with Crippen molar-refractivity contribution in [2.45, 2.75) is 12.1 Å². The molecule has 11 rings (SSSR count). The maximum Gasteiger partial charge on any atom is 0.0742 e. The lowest BCUT2D eigenvalue weighted by atomic mass is 9.96. The largest absolute Gasteiger partial charge is 0.350 e. The Bertz CT molecular complexity index is 2950. The van der Waals surface area contributed by atoms with E-state index < -0.39 is 0 Å². The molecule has 4 nitrogen and oxygen atoms in total. The summed E-state index contributed by atoms with van der Waals surface area (Å²) >= 11 is 0. The molecule has 64 heavy (non-hydrogen) atoms. The van der Waals surface area contributed by atoms with E-state index in [4.69, 9.17) is 0 Å². The van der Waals surface area contributed by atoms with Crippen molar-refractivity contribution >= 4 is 56.9 Å². The van der Waals surface area contributed by atoms with Gasteiger partial charge in [0.2, 0.25) is 0 Å². The van der Waals surface area contributed by atoms with E-state index in [-0.39, 0.29) is 12.1 Å². The number of benzene rings is 8. The average molecular weight is 823 g/mol. The standard InChI is InChI=1S/C60H46N4/c1-5-19-47(20-6-1)61(48-21-7-2-8-22-48)52-36-38-53(39-37-52)62(49-23-9-3-10-24-49)51-34-32-45(33-35-51)46-18-17-27-56(44-46)63(50-25-11-4-12-26-50)54-40-42-55(43-41-54)64-59-30-15-13-28-57(59)58-29-14-16-31-60(58)64/h1-44,59-60H. The van der Waals surface area contributed by atoms with Crippen molar-refractivity contribution in [1.82, 2.24) is 0 Å². The van der Waals surface area contributed by atoms with Crippen LogP contribution in [0.3, 0.4) is 0 Å². The van der Waals surface area contributed by atoms with Crippen LogP contribution in [0.15, 0.2) is 278 Å². The van der Waals surface area contributed by atoms with Gasteiger partial charge >= 0.3 is 0 Å². The van der Waals surface area contributed by atoms with Gasteiger partial charge in [-0.2, -0.15) is 0 Å². The fraction of sp³-hybridized carbons (Fsp3) is 0.0333. The predicted octanol–water partition coefficient (Wildman–Crippen LogP) is 15.9.